The molecule has 7 heteroatoms. The topological polar surface area (TPSA) is 75.4 Å². The van der Waals surface area contributed by atoms with Crippen LogP contribution in [0.25, 0.3) is 11.1 Å². The molecule has 0 unspecified atom stereocenters. The Morgan fingerprint density at radius 2 is 2.11 bits per heavy atom. The van der Waals surface area contributed by atoms with Crippen molar-refractivity contribution in [2.75, 3.05) is 11.9 Å². The van der Waals surface area contributed by atoms with Crippen LogP contribution >= 0.6 is 0 Å². The summed E-state index contributed by atoms with van der Waals surface area (Å²) in [7, 11) is 0. The number of likely N-dealkylation sites (tertiary alicyclic amines) is 1. The fourth-order valence-corrected chi connectivity index (χ4v) is 3.50. The van der Waals surface area contributed by atoms with Gasteiger partial charge in [-0.2, -0.15) is 0 Å². The second-order valence-corrected chi connectivity index (χ2v) is 6.58. The number of benzene rings is 2. The van der Waals surface area contributed by atoms with E-state index in [2.05, 4.69) is 10.3 Å². The lowest BCUT2D eigenvalue weighted by Crippen LogP contribution is -2.39. The van der Waals surface area contributed by atoms with Crippen LogP contribution in [-0.4, -0.2) is 28.2 Å². The number of anilines is 1. The zero-order valence-electron chi connectivity index (χ0n) is 14.7. The summed E-state index contributed by atoms with van der Waals surface area (Å²) in [6.07, 6.45) is 1.47. The molecule has 1 aliphatic rings. The molecule has 0 spiro atoms. The highest BCUT2D eigenvalue weighted by Gasteiger charge is 2.33. The van der Waals surface area contributed by atoms with Crippen molar-refractivity contribution in [2.45, 2.75) is 25.8 Å². The Hall–Kier alpha value is -3.22. The number of rotatable bonds is 2. The molecule has 0 aliphatic carbocycles. The molecular formula is C20H18FN3O3. The number of halogens is 1. The van der Waals surface area contributed by atoms with E-state index in [9.17, 15) is 14.0 Å². The van der Waals surface area contributed by atoms with Gasteiger partial charge in [0.05, 0.1) is 6.04 Å². The van der Waals surface area contributed by atoms with Gasteiger partial charge in [0, 0.05) is 25.2 Å². The molecule has 1 aromatic heterocycles. The maximum absolute atomic E-state index is 13.5. The van der Waals surface area contributed by atoms with Crippen molar-refractivity contribution >= 4 is 28.6 Å². The third-order valence-electron chi connectivity index (χ3n) is 4.69. The van der Waals surface area contributed by atoms with Crippen molar-refractivity contribution in [1.29, 1.82) is 0 Å². The Morgan fingerprint density at radius 1 is 1.26 bits per heavy atom. The quantitative estimate of drug-likeness (QED) is 0.703. The summed E-state index contributed by atoms with van der Waals surface area (Å²) in [5.74, 6) is -1.18. The van der Waals surface area contributed by atoms with Gasteiger partial charge in [-0.05, 0) is 42.7 Å². The Labute approximate surface area is 155 Å². The fraction of sp³-hybridized carbons (Fsp3) is 0.250. The first-order valence-electron chi connectivity index (χ1n) is 8.76. The number of fused-ring (bicyclic) bond motifs is 1. The molecule has 0 saturated carbocycles. The van der Waals surface area contributed by atoms with Crippen LogP contribution in [0.15, 0.2) is 46.9 Å². The van der Waals surface area contributed by atoms with Gasteiger partial charge < -0.3 is 14.6 Å². The molecule has 27 heavy (non-hydrogen) atoms. The second kappa shape index (κ2) is 6.83. The van der Waals surface area contributed by atoms with E-state index in [1.54, 1.807) is 37.3 Å². The van der Waals surface area contributed by atoms with E-state index < -0.39 is 11.8 Å². The zero-order valence-corrected chi connectivity index (χ0v) is 14.7. The summed E-state index contributed by atoms with van der Waals surface area (Å²) >= 11 is 0. The predicted molar refractivity (Wildman–Crippen MR) is 97.5 cm³/mol. The number of hydrogen-bond acceptors (Lipinski definition) is 4. The van der Waals surface area contributed by atoms with E-state index in [0.717, 1.165) is 6.42 Å². The highest BCUT2D eigenvalue weighted by Crippen LogP contribution is 2.32. The number of nitrogens with zero attached hydrogens (tertiary/aromatic N) is 2. The molecule has 1 fully saturated rings. The van der Waals surface area contributed by atoms with Gasteiger partial charge >= 0.3 is 11.8 Å². The molecular weight excluding hydrogens is 349 g/mol. The summed E-state index contributed by atoms with van der Waals surface area (Å²) < 4.78 is 19.0. The number of hydrogen-bond donors (Lipinski definition) is 1. The Bertz CT molecular complexity index is 1030. The van der Waals surface area contributed by atoms with E-state index in [0.29, 0.717) is 41.2 Å². The second-order valence-electron chi connectivity index (χ2n) is 6.58. The summed E-state index contributed by atoms with van der Waals surface area (Å²) in [5, 5.41) is 2.61. The molecule has 0 bridgehead atoms. The van der Waals surface area contributed by atoms with Crippen LogP contribution in [0.1, 0.15) is 30.3 Å². The number of aryl methyl sites for hydroxylation is 1. The zero-order chi connectivity index (χ0) is 19.0. The van der Waals surface area contributed by atoms with Crippen molar-refractivity contribution in [3.8, 4) is 0 Å². The largest absolute Gasteiger partial charge is 0.441 e. The number of carbonyl (C=O) groups excluding carboxylic acids is 2. The van der Waals surface area contributed by atoms with Crippen LogP contribution in [0, 0.1) is 12.7 Å². The van der Waals surface area contributed by atoms with Gasteiger partial charge in [0.15, 0.2) is 11.5 Å². The first-order valence-corrected chi connectivity index (χ1v) is 8.76. The van der Waals surface area contributed by atoms with Crippen LogP contribution < -0.4 is 5.32 Å². The van der Waals surface area contributed by atoms with E-state index in [1.165, 1.54) is 17.0 Å². The third-order valence-corrected chi connectivity index (χ3v) is 4.69. The molecule has 1 atom stereocenters. The summed E-state index contributed by atoms with van der Waals surface area (Å²) in [4.78, 5) is 30.8. The van der Waals surface area contributed by atoms with Crippen molar-refractivity contribution in [1.82, 2.24) is 9.88 Å². The molecule has 1 N–H and O–H groups in total. The van der Waals surface area contributed by atoms with Crippen LogP contribution in [0.5, 0.6) is 0 Å². The molecule has 2 heterocycles. The van der Waals surface area contributed by atoms with E-state index in [-0.39, 0.29) is 11.9 Å². The van der Waals surface area contributed by atoms with Crippen LogP contribution in [0.2, 0.25) is 0 Å². The van der Waals surface area contributed by atoms with E-state index >= 15 is 0 Å². The Kier molecular flexibility index (Phi) is 4.35. The van der Waals surface area contributed by atoms with Gasteiger partial charge in [-0.3, -0.25) is 9.59 Å². The van der Waals surface area contributed by atoms with E-state index in [4.69, 9.17) is 4.42 Å². The first-order chi connectivity index (χ1) is 13.0. The maximum atomic E-state index is 13.5. The average Bonchev–Trinajstić information content (AvgIpc) is 3.26. The Balaban J connectivity index is 1.51. The monoisotopic (exact) mass is 367 g/mol. The maximum Gasteiger partial charge on any atom is 0.313 e. The van der Waals surface area contributed by atoms with Crippen LogP contribution in [0.3, 0.4) is 0 Å². The standard InChI is InChI=1S/C20H18FN3O3/c1-12-22-16-8-7-15(11-18(16)27-12)23-19(25)20(26)24-9-3-6-17(24)13-4-2-5-14(21)10-13/h2,4-5,7-8,10-11,17H,3,6,9H2,1H3,(H,23,25)/t17-/m1/s1. The van der Waals surface area contributed by atoms with Gasteiger partial charge in [-0.25, -0.2) is 9.37 Å². The van der Waals surface area contributed by atoms with Gasteiger partial charge in [0.2, 0.25) is 0 Å². The molecule has 3 aromatic rings. The smallest absolute Gasteiger partial charge is 0.313 e. The van der Waals surface area contributed by atoms with Crippen LogP contribution in [-0.2, 0) is 9.59 Å². The third kappa shape index (κ3) is 3.40. The molecule has 2 aromatic carbocycles. The molecule has 6 nitrogen and oxygen atoms in total. The molecule has 1 saturated heterocycles. The highest BCUT2D eigenvalue weighted by molar-refractivity contribution is 6.39. The molecule has 4 rings (SSSR count). The van der Waals surface area contributed by atoms with Crippen LogP contribution in [0.4, 0.5) is 10.1 Å². The van der Waals surface area contributed by atoms with E-state index in [1.807, 2.05) is 0 Å². The SMILES string of the molecule is Cc1nc2ccc(NC(=O)C(=O)N3CCC[C@@H]3c3cccc(F)c3)cc2o1. The predicted octanol–water partition coefficient (Wildman–Crippen LogP) is 3.58. The van der Waals surface area contributed by atoms with Crippen molar-refractivity contribution in [2.24, 2.45) is 0 Å². The number of nitrogens with one attached hydrogen (secondary N) is 1. The summed E-state index contributed by atoms with van der Waals surface area (Å²) in [5.41, 5.74) is 2.38. The minimum absolute atomic E-state index is 0.293. The van der Waals surface area contributed by atoms with Crippen molar-refractivity contribution < 1.29 is 18.4 Å². The summed E-state index contributed by atoms with van der Waals surface area (Å²) in [6, 6.07) is 10.9. The minimum atomic E-state index is -0.728. The summed E-state index contributed by atoms with van der Waals surface area (Å²) in [6.45, 7) is 2.20. The van der Waals surface area contributed by atoms with Gasteiger partial charge in [0.25, 0.3) is 0 Å². The van der Waals surface area contributed by atoms with Gasteiger partial charge in [-0.15, -0.1) is 0 Å². The Morgan fingerprint density at radius 3 is 2.93 bits per heavy atom. The fourth-order valence-electron chi connectivity index (χ4n) is 3.50. The lowest BCUT2D eigenvalue weighted by atomic mass is 10.0. The molecule has 2 amide bonds. The van der Waals surface area contributed by atoms with Crippen molar-refractivity contribution in [3.63, 3.8) is 0 Å². The molecule has 1 aliphatic heterocycles. The lowest BCUT2D eigenvalue weighted by molar-refractivity contribution is -0.143. The first kappa shape index (κ1) is 17.2. The molecule has 0 radical (unpaired) electrons. The molecule has 138 valence electrons. The number of amides is 2. The number of oxazole rings is 1. The number of aromatic nitrogens is 1. The lowest BCUT2D eigenvalue weighted by Gasteiger charge is -2.24. The normalized spacial score (nSPS) is 16.7. The van der Waals surface area contributed by atoms with Gasteiger partial charge in [0.1, 0.15) is 11.3 Å². The van der Waals surface area contributed by atoms with Crippen molar-refractivity contribution in [3.05, 3.63) is 59.7 Å². The van der Waals surface area contributed by atoms with Gasteiger partial charge in [-0.1, -0.05) is 12.1 Å². The average molecular weight is 367 g/mol. The highest BCUT2D eigenvalue weighted by atomic mass is 19.1. The minimum Gasteiger partial charge on any atom is -0.441 e. The number of carbonyl (C=O) groups is 2.